The standard InChI is InChI=1S/C28H34N10O2/c1-6-22(23(7-2)35-27(39)40-28(3,4)5)34-25-18-30-24(17-29)26(36-25)33-19-14-20(37-12-8-10-31-37)16-21(15-19)38-13-9-11-32-38/h8-16,18,22-23H,6-7H2,1-5H3,(H,35,39)(H2,33,34,36). The van der Waals surface area contributed by atoms with Gasteiger partial charge in [0.25, 0.3) is 0 Å². The summed E-state index contributed by atoms with van der Waals surface area (Å²) >= 11 is 0. The molecule has 0 aliphatic rings. The summed E-state index contributed by atoms with van der Waals surface area (Å²) in [4.78, 5) is 21.4. The molecule has 0 saturated heterocycles. The van der Waals surface area contributed by atoms with Gasteiger partial charge in [-0.05, 0) is 63.9 Å². The van der Waals surface area contributed by atoms with Crippen molar-refractivity contribution in [2.75, 3.05) is 10.6 Å². The van der Waals surface area contributed by atoms with Crippen LogP contribution in [0.4, 0.5) is 22.1 Å². The van der Waals surface area contributed by atoms with E-state index in [0.717, 1.165) is 11.4 Å². The summed E-state index contributed by atoms with van der Waals surface area (Å²) in [6.07, 6.45) is 9.52. The zero-order valence-electron chi connectivity index (χ0n) is 23.3. The lowest BCUT2D eigenvalue weighted by atomic mass is 10.0. The first-order valence-corrected chi connectivity index (χ1v) is 13.1. The van der Waals surface area contributed by atoms with E-state index in [-0.39, 0.29) is 17.8 Å². The fourth-order valence-electron chi connectivity index (χ4n) is 4.16. The van der Waals surface area contributed by atoms with Crippen molar-refractivity contribution < 1.29 is 9.53 Å². The molecular weight excluding hydrogens is 508 g/mol. The van der Waals surface area contributed by atoms with Crippen molar-refractivity contribution in [2.45, 2.75) is 65.1 Å². The number of alkyl carbamates (subject to hydrolysis) is 1. The average Bonchev–Trinajstić information content (AvgIpc) is 3.65. The van der Waals surface area contributed by atoms with Gasteiger partial charge >= 0.3 is 6.09 Å². The van der Waals surface area contributed by atoms with E-state index in [9.17, 15) is 10.1 Å². The van der Waals surface area contributed by atoms with E-state index >= 15 is 0 Å². The Labute approximate surface area is 233 Å². The van der Waals surface area contributed by atoms with Crippen LogP contribution in [-0.2, 0) is 4.74 Å². The summed E-state index contributed by atoms with van der Waals surface area (Å²) in [5, 5.41) is 28.0. The molecule has 2 atom stereocenters. The first-order chi connectivity index (χ1) is 19.2. The van der Waals surface area contributed by atoms with Crippen LogP contribution in [0.5, 0.6) is 0 Å². The Morgan fingerprint density at radius 2 is 1.65 bits per heavy atom. The van der Waals surface area contributed by atoms with Crippen molar-refractivity contribution in [1.82, 2.24) is 34.8 Å². The minimum Gasteiger partial charge on any atom is -0.444 e. The molecule has 3 N–H and O–H groups in total. The second-order valence-electron chi connectivity index (χ2n) is 10.1. The first kappa shape index (κ1) is 28.1. The quantitative estimate of drug-likeness (QED) is 0.253. The van der Waals surface area contributed by atoms with Crippen LogP contribution in [0, 0.1) is 11.3 Å². The number of nitrogens with zero attached hydrogens (tertiary/aromatic N) is 7. The number of anilines is 3. The van der Waals surface area contributed by atoms with Gasteiger partial charge in [-0.15, -0.1) is 0 Å². The van der Waals surface area contributed by atoms with E-state index in [1.807, 2.05) is 77.3 Å². The third-order valence-corrected chi connectivity index (χ3v) is 5.98. The van der Waals surface area contributed by atoms with Crippen molar-refractivity contribution in [1.29, 1.82) is 5.26 Å². The van der Waals surface area contributed by atoms with Gasteiger partial charge in [-0.2, -0.15) is 15.5 Å². The van der Waals surface area contributed by atoms with Gasteiger partial charge in [0, 0.05) is 36.5 Å². The summed E-state index contributed by atoms with van der Waals surface area (Å²) in [6, 6.07) is 11.2. The van der Waals surface area contributed by atoms with E-state index in [1.54, 1.807) is 21.8 Å². The molecule has 12 heteroatoms. The number of nitriles is 1. The molecule has 0 spiro atoms. The van der Waals surface area contributed by atoms with Gasteiger partial charge in [0.1, 0.15) is 17.5 Å². The number of aromatic nitrogens is 6. The van der Waals surface area contributed by atoms with Crippen molar-refractivity contribution in [3.8, 4) is 17.4 Å². The number of hydrogen-bond donors (Lipinski definition) is 3. The van der Waals surface area contributed by atoms with Crippen molar-refractivity contribution in [3.63, 3.8) is 0 Å². The summed E-state index contributed by atoms with van der Waals surface area (Å²) < 4.78 is 8.91. The number of hydrogen-bond acceptors (Lipinski definition) is 9. The first-order valence-electron chi connectivity index (χ1n) is 13.1. The Balaban J connectivity index is 1.60. The summed E-state index contributed by atoms with van der Waals surface area (Å²) in [7, 11) is 0. The second kappa shape index (κ2) is 12.3. The lowest BCUT2D eigenvalue weighted by Gasteiger charge is -2.29. The highest BCUT2D eigenvalue weighted by molar-refractivity contribution is 5.69. The monoisotopic (exact) mass is 542 g/mol. The smallest absolute Gasteiger partial charge is 0.407 e. The van der Waals surface area contributed by atoms with E-state index < -0.39 is 11.7 Å². The molecule has 0 aliphatic carbocycles. The van der Waals surface area contributed by atoms with E-state index in [1.165, 1.54) is 6.20 Å². The lowest BCUT2D eigenvalue weighted by Crippen LogP contribution is -2.47. The van der Waals surface area contributed by atoms with Crippen molar-refractivity contribution in [2.24, 2.45) is 0 Å². The Morgan fingerprint density at radius 3 is 2.15 bits per heavy atom. The van der Waals surface area contributed by atoms with Crippen LogP contribution in [0.15, 0.2) is 61.3 Å². The molecule has 0 saturated carbocycles. The average molecular weight is 543 g/mol. The predicted octanol–water partition coefficient (Wildman–Crippen LogP) is 4.96. The minimum atomic E-state index is -0.595. The highest BCUT2D eigenvalue weighted by Crippen LogP contribution is 2.25. The molecule has 0 bridgehead atoms. The molecular formula is C28H34N10O2. The molecule has 1 amide bonds. The molecule has 3 heterocycles. The largest absolute Gasteiger partial charge is 0.444 e. The molecule has 4 rings (SSSR count). The van der Waals surface area contributed by atoms with Gasteiger partial charge in [-0.1, -0.05) is 13.8 Å². The third-order valence-electron chi connectivity index (χ3n) is 5.98. The third kappa shape index (κ3) is 7.13. The van der Waals surface area contributed by atoms with Crippen LogP contribution < -0.4 is 16.0 Å². The van der Waals surface area contributed by atoms with Crippen molar-refractivity contribution >= 4 is 23.4 Å². The Morgan fingerprint density at radius 1 is 1.02 bits per heavy atom. The van der Waals surface area contributed by atoms with Gasteiger partial charge in [0.05, 0.1) is 23.6 Å². The number of rotatable bonds is 10. The zero-order valence-corrected chi connectivity index (χ0v) is 23.3. The molecule has 40 heavy (non-hydrogen) atoms. The predicted molar refractivity (Wildman–Crippen MR) is 152 cm³/mol. The highest BCUT2D eigenvalue weighted by atomic mass is 16.6. The lowest BCUT2D eigenvalue weighted by molar-refractivity contribution is 0.0496. The summed E-state index contributed by atoms with van der Waals surface area (Å²) in [5.41, 5.74) is 1.81. The maximum Gasteiger partial charge on any atom is 0.407 e. The Hall–Kier alpha value is -4.92. The maximum atomic E-state index is 12.4. The highest BCUT2D eigenvalue weighted by Gasteiger charge is 2.24. The van der Waals surface area contributed by atoms with Crippen LogP contribution in [0.25, 0.3) is 11.4 Å². The van der Waals surface area contributed by atoms with Crippen LogP contribution in [0.1, 0.15) is 53.2 Å². The molecule has 0 fully saturated rings. The van der Waals surface area contributed by atoms with Crippen molar-refractivity contribution in [3.05, 3.63) is 67.0 Å². The fourth-order valence-corrected chi connectivity index (χ4v) is 4.16. The molecule has 208 valence electrons. The van der Waals surface area contributed by atoms with Gasteiger partial charge in [0.15, 0.2) is 11.5 Å². The van der Waals surface area contributed by atoms with Gasteiger partial charge < -0.3 is 20.7 Å². The second-order valence-corrected chi connectivity index (χ2v) is 10.1. The summed E-state index contributed by atoms with van der Waals surface area (Å²) in [6.45, 7) is 9.49. The number of benzene rings is 1. The minimum absolute atomic E-state index is 0.141. The number of carbonyl (C=O) groups is 1. The SMILES string of the molecule is CCC(NC(=O)OC(C)(C)C)C(CC)Nc1cnc(C#N)c(Nc2cc(-n3cccn3)cc(-n3cccn3)c2)n1. The van der Waals surface area contributed by atoms with Gasteiger partial charge in [-0.25, -0.2) is 24.1 Å². The molecule has 4 aromatic rings. The molecule has 1 aromatic carbocycles. The van der Waals surface area contributed by atoms with E-state index in [0.29, 0.717) is 30.2 Å². The topological polar surface area (TPSA) is 148 Å². The summed E-state index contributed by atoms with van der Waals surface area (Å²) in [5.74, 6) is 0.757. The number of amides is 1. The number of ether oxygens (including phenoxy) is 1. The molecule has 0 aliphatic heterocycles. The molecule has 2 unspecified atom stereocenters. The Bertz CT molecular complexity index is 1400. The van der Waals surface area contributed by atoms with Gasteiger partial charge in [0.2, 0.25) is 0 Å². The number of nitrogens with one attached hydrogen (secondary N) is 3. The molecule has 0 radical (unpaired) electrons. The van der Waals surface area contributed by atoms with Crippen LogP contribution in [-0.4, -0.2) is 53.3 Å². The normalized spacial score (nSPS) is 12.7. The van der Waals surface area contributed by atoms with Crippen LogP contribution in [0.2, 0.25) is 0 Å². The van der Waals surface area contributed by atoms with Crippen LogP contribution >= 0.6 is 0 Å². The fraction of sp³-hybridized carbons (Fsp3) is 0.357. The van der Waals surface area contributed by atoms with Crippen LogP contribution in [0.3, 0.4) is 0 Å². The Kier molecular flexibility index (Phi) is 8.63. The number of carbonyl (C=O) groups excluding carboxylic acids is 1. The van der Waals surface area contributed by atoms with E-state index in [2.05, 4.69) is 42.2 Å². The molecule has 12 nitrogen and oxygen atoms in total. The van der Waals surface area contributed by atoms with E-state index in [4.69, 9.17) is 4.74 Å². The van der Waals surface area contributed by atoms with Gasteiger partial charge in [-0.3, -0.25) is 0 Å². The maximum absolute atomic E-state index is 12.4. The molecule has 3 aromatic heterocycles. The zero-order chi connectivity index (χ0) is 28.7.